The summed E-state index contributed by atoms with van der Waals surface area (Å²) in [6, 6.07) is 35.3. The number of amides is 1. The number of halogens is 1. The average Bonchev–Trinajstić information content (AvgIpc) is 3.52. The summed E-state index contributed by atoms with van der Waals surface area (Å²) >= 11 is 7.64. The zero-order valence-electron chi connectivity index (χ0n) is 20.2. The third-order valence-corrected chi connectivity index (χ3v) is 8.22. The number of rotatable bonds is 3. The van der Waals surface area contributed by atoms with Crippen LogP contribution in [0.5, 0.6) is 5.75 Å². The van der Waals surface area contributed by atoms with Gasteiger partial charge in [-0.15, -0.1) is 0 Å². The average molecular weight is 536 g/mol. The predicted octanol–water partition coefficient (Wildman–Crippen LogP) is 7.95. The van der Waals surface area contributed by atoms with E-state index in [1.165, 1.54) is 11.8 Å². The summed E-state index contributed by atoms with van der Waals surface area (Å²) < 4.78 is 6.93. The van der Waals surface area contributed by atoms with Gasteiger partial charge in [-0.3, -0.25) is 4.79 Å². The number of ether oxygens (including phenoxy) is 1. The Kier molecular flexibility index (Phi) is 5.53. The smallest absolute Gasteiger partial charge is 0.321 e. The van der Waals surface area contributed by atoms with Crippen molar-refractivity contribution in [3.63, 3.8) is 0 Å². The van der Waals surface area contributed by atoms with Crippen LogP contribution in [0.2, 0.25) is 5.02 Å². The summed E-state index contributed by atoms with van der Waals surface area (Å²) in [6.07, 6.45) is 2.68. The molecule has 1 spiro atoms. The van der Waals surface area contributed by atoms with Crippen LogP contribution in [0.1, 0.15) is 29.2 Å². The van der Waals surface area contributed by atoms with Crippen molar-refractivity contribution in [1.29, 1.82) is 0 Å². The van der Waals surface area contributed by atoms with Gasteiger partial charge in [0.1, 0.15) is 5.75 Å². The first-order valence-electron chi connectivity index (χ1n) is 12.4. The van der Waals surface area contributed by atoms with Crippen LogP contribution < -0.4 is 9.64 Å². The van der Waals surface area contributed by atoms with Crippen LogP contribution in [0, 0.1) is 0 Å². The first kappa shape index (κ1) is 23.1. The minimum Gasteiger partial charge on any atom is -0.443 e. The molecule has 5 nitrogen and oxygen atoms in total. The topological polar surface area (TPSA) is 45.1 Å². The van der Waals surface area contributed by atoms with Gasteiger partial charge in [0, 0.05) is 17.0 Å². The number of para-hydroxylation sites is 1. The Morgan fingerprint density at radius 3 is 2.34 bits per heavy atom. The van der Waals surface area contributed by atoms with E-state index in [0.29, 0.717) is 17.2 Å². The van der Waals surface area contributed by atoms with Gasteiger partial charge in [-0.25, -0.2) is 9.91 Å². The van der Waals surface area contributed by atoms with Crippen molar-refractivity contribution in [1.82, 2.24) is 5.01 Å². The maximum Gasteiger partial charge on any atom is 0.321 e. The van der Waals surface area contributed by atoms with Gasteiger partial charge in [-0.2, -0.15) is 5.10 Å². The number of fused-ring (bicyclic) bond motifs is 4. The minimum atomic E-state index is -1.30. The number of thioether (sulfide) groups is 1. The van der Waals surface area contributed by atoms with E-state index >= 15 is 0 Å². The van der Waals surface area contributed by atoms with Gasteiger partial charge in [0.05, 0.1) is 22.3 Å². The molecule has 3 aliphatic heterocycles. The van der Waals surface area contributed by atoms with E-state index in [9.17, 15) is 4.79 Å². The van der Waals surface area contributed by atoms with Crippen LogP contribution in [0.25, 0.3) is 6.08 Å². The molecule has 0 radical (unpaired) electrons. The van der Waals surface area contributed by atoms with E-state index in [2.05, 4.69) is 12.1 Å². The van der Waals surface area contributed by atoms with Crippen LogP contribution in [-0.4, -0.2) is 21.8 Å². The van der Waals surface area contributed by atoms with E-state index in [1.54, 1.807) is 4.90 Å². The van der Waals surface area contributed by atoms with Crippen molar-refractivity contribution in [3.8, 4) is 5.75 Å². The molecule has 2 unspecified atom stereocenters. The summed E-state index contributed by atoms with van der Waals surface area (Å²) in [6.45, 7) is 0. The lowest BCUT2D eigenvalue weighted by Crippen LogP contribution is -2.63. The summed E-state index contributed by atoms with van der Waals surface area (Å²) in [5.74, 6) is -0.614. The number of hydrazone groups is 1. The fraction of sp³-hybridized carbons (Fsp3) is 0.0968. The molecule has 1 fully saturated rings. The zero-order valence-corrected chi connectivity index (χ0v) is 21.8. The Bertz CT molecular complexity index is 1590. The molecule has 3 aliphatic rings. The summed E-state index contributed by atoms with van der Waals surface area (Å²) in [7, 11) is 0. The van der Waals surface area contributed by atoms with Gasteiger partial charge in [0.25, 0.3) is 5.24 Å². The Hall–Kier alpha value is -4.00. The van der Waals surface area contributed by atoms with Crippen molar-refractivity contribution in [2.75, 3.05) is 4.90 Å². The lowest BCUT2D eigenvalue weighted by atomic mass is 9.95. The van der Waals surface area contributed by atoms with Crippen LogP contribution in [0.4, 0.5) is 10.5 Å². The number of carbonyl (C=O) groups is 1. The van der Waals surface area contributed by atoms with E-state index < -0.39 is 5.85 Å². The molecule has 2 atom stereocenters. The van der Waals surface area contributed by atoms with Crippen molar-refractivity contribution >= 4 is 46.1 Å². The molecule has 7 rings (SSSR count). The molecule has 38 heavy (non-hydrogen) atoms. The molecule has 186 valence electrons. The fourth-order valence-corrected chi connectivity index (χ4v) is 6.59. The lowest BCUT2D eigenvalue weighted by Gasteiger charge is -2.49. The maximum atomic E-state index is 13.8. The third-order valence-electron chi connectivity index (χ3n) is 7.03. The van der Waals surface area contributed by atoms with Crippen molar-refractivity contribution < 1.29 is 9.53 Å². The van der Waals surface area contributed by atoms with E-state index in [0.717, 1.165) is 33.0 Å². The number of carbonyl (C=O) groups excluding carboxylic acids is 1. The molecule has 4 aromatic rings. The van der Waals surface area contributed by atoms with Gasteiger partial charge in [0.15, 0.2) is 0 Å². The van der Waals surface area contributed by atoms with E-state index in [4.69, 9.17) is 21.4 Å². The molecule has 3 heterocycles. The summed E-state index contributed by atoms with van der Waals surface area (Å²) in [4.78, 5) is 16.3. The first-order valence-corrected chi connectivity index (χ1v) is 13.6. The van der Waals surface area contributed by atoms with Gasteiger partial charge >= 0.3 is 5.85 Å². The second-order valence-corrected chi connectivity index (χ2v) is 10.8. The Labute approximate surface area is 230 Å². The highest BCUT2D eigenvalue weighted by molar-refractivity contribution is 8.17. The Balaban J connectivity index is 1.49. The molecular weight excluding hydrogens is 514 g/mol. The van der Waals surface area contributed by atoms with Gasteiger partial charge in [-0.1, -0.05) is 90.5 Å². The number of hydrogen-bond acceptors (Lipinski definition) is 5. The van der Waals surface area contributed by atoms with Crippen molar-refractivity contribution in [2.45, 2.75) is 18.3 Å². The van der Waals surface area contributed by atoms with Crippen molar-refractivity contribution in [3.05, 3.63) is 136 Å². The molecule has 1 amide bonds. The highest BCUT2D eigenvalue weighted by Crippen LogP contribution is 2.57. The van der Waals surface area contributed by atoms with Gasteiger partial charge in [0.2, 0.25) is 0 Å². The second kappa shape index (κ2) is 9.08. The molecule has 7 heteroatoms. The van der Waals surface area contributed by atoms with E-state index in [1.807, 2.05) is 108 Å². The molecule has 0 aromatic heterocycles. The molecule has 1 saturated heterocycles. The molecule has 0 N–H and O–H groups in total. The first-order chi connectivity index (χ1) is 18.6. The monoisotopic (exact) mass is 535 g/mol. The van der Waals surface area contributed by atoms with E-state index in [-0.39, 0.29) is 11.3 Å². The highest BCUT2D eigenvalue weighted by atomic mass is 35.5. The predicted molar refractivity (Wildman–Crippen MR) is 153 cm³/mol. The quantitative estimate of drug-likeness (QED) is 0.267. The SMILES string of the molecule is O=C1S/C(=C\c2ccccc2)C2(Oc3ccc(Cl)cc3C3CC(c4ccccc4)=NN32)N1c1ccccc1. The second-order valence-electron chi connectivity index (χ2n) is 9.33. The largest absolute Gasteiger partial charge is 0.443 e. The number of hydrogen-bond donors (Lipinski definition) is 0. The van der Waals surface area contributed by atoms with Gasteiger partial charge in [-0.05, 0) is 59.3 Å². The molecule has 4 aromatic carbocycles. The van der Waals surface area contributed by atoms with Gasteiger partial charge < -0.3 is 4.74 Å². The summed E-state index contributed by atoms with van der Waals surface area (Å²) in [5, 5.41) is 7.65. The highest BCUT2D eigenvalue weighted by Gasteiger charge is 2.63. The van der Waals surface area contributed by atoms with Crippen LogP contribution in [0.15, 0.2) is 119 Å². The normalized spacial score (nSPS) is 22.9. The maximum absolute atomic E-state index is 13.8. The van der Waals surface area contributed by atoms with Crippen LogP contribution in [0.3, 0.4) is 0 Å². The third kappa shape index (κ3) is 3.63. The lowest BCUT2D eigenvalue weighted by molar-refractivity contribution is -0.0763. The fourth-order valence-electron chi connectivity index (χ4n) is 5.34. The summed E-state index contributed by atoms with van der Waals surface area (Å²) in [5.41, 5.74) is 4.64. The molecular formula is C31H22ClN3O2S. The molecule has 0 aliphatic carbocycles. The van der Waals surface area contributed by atoms with Crippen molar-refractivity contribution in [2.24, 2.45) is 5.10 Å². The minimum absolute atomic E-state index is 0.127. The number of benzene rings is 4. The molecule has 0 saturated carbocycles. The number of anilines is 1. The zero-order chi connectivity index (χ0) is 25.7. The van der Waals surface area contributed by atoms with Crippen LogP contribution in [-0.2, 0) is 0 Å². The number of nitrogens with zero attached hydrogens (tertiary/aromatic N) is 3. The molecule has 0 bridgehead atoms. The standard InChI is InChI=1S/C31H22ClN3O2S/c32-23-16-17-28-25(19-23)27-20-26(22-12-6-2-7-13-22)33-35(27)31(37-28)29(18-21-10-4-1-5-11-21)38-30(36)34(31)24-14-8-3-9-15-24/h1-19,27H,20H2/b29-18-. The Morgan fingerprint density at radius 2 is 1.61 bits per heavy atom. The Morgan fingerprint density at radius 1 is 0.921 bits per heavy atom. The van der Waals surface area contributed by atoms with Crippen LogP contribution >= 0.6 is 23.4 Å².